The molecule has 1 aromatic carbocycles. The first-order valence-electron chi connectivity index (χ1n) is 7.59. The van der Waals surface area contributed by atoms with Crippen LogP contribution in [0.4, 0.5) is 0 Å². The molecule has 2 rings (SSSR count). The van der Waals surface area contributed by atoms with Crippen LogP contribution in [-0.4, -0.2) is 41.9 Å². The van der Waals surface area contributed by atoms with Crippen molar-refractivity contribution in [3.05, 3.63) is 53.9 Å². The van der Waals surface area contributed by atoms with Crippen LogP contribution in [0.25, 0.3) is 0 Å². The molecule has 2 aromatic rings. The Bertz CT molecular complexity index is 737. The summed E-state index contributed by atoms with van der Waals surface area (Å²) in [5.41, 5.74) is 2.39. The fourth-order valence-corrected chi connectivity index (χ4v) is 2.59. The van der Waals surface area contributed by atoms with Gasteiger partial charge in [-0.15, -0.1) is 6.58 Å². The largest absolute Gasteiger partial charge is 0.493 e. The van der Waals surface area contributed by atoms with Crippen LogP contribution in [0.5, 0.6) is 11.5 Å². The minimum Gasteiger partial charge on any atom is -0.493 e. The number of allylic oxidation sites excluding steroid dienone is 1. The molecule has 0 aliphatic carbocycles. The smallest absolute Gasteiger partial charge is 0.254 e. The zero-order valence-electron chi connectivity index (χ0n) is 14.6. The van der Waals surface area contributed by atoms with Gasteiger partial charge < -0.3 is 14.4 Å². The van der Waals surface area contributed by atoms with E-state index in [0.29, 0.717) is 30.0 Å². The van der Waals surface area contributed by atoms with Crippen molar-refractivity contribution in [1.82, 2.24) is 14.7 Å². The fraction of sp³-hybridized carbons (Fsp3) is 0.333. The lowest BCUT2D eigenvalue weighted by Crippen LogP contribution is -2.26. The summed E-state index contributed by atoms with van der Waals surface area (Å²) in [6, 6.07) is 3.53. The van der Waals surface area contributed by atoms with Crippen molar-refractivity contribution < 1.29 is 14.3 Å². The van der Waals surface area contributed by atoms with E-state index in [1.807, 2.05) is 19.3 Å². The predicted molar refractivity (Wildman–Crippen MR) is 92.5 cm³/mol. The van der Waals surface area contributed by atoms with Gasteiger partial charge in [-0.1, -0.05) is 6.08 Å². The Labute approximate surface area is 142 Å². The molecule has 1 amide bonds. The van der Waals surface area contributed by atoms with E-state index in [-0.39, 0.29) is 5.91 Å². The average molecular weight is 329 g/mol. The molecule has 6 heteroatoms. The number of hydrogen-bond acceptors (Lipinski definition) is 4. The van der Waals surface area contributed by atoms with Crippen molar-refractivity contribution in [2.24, 2.45) is 7.05 Å². The third-order valence-corrected chi connectivity index (χ3v) is 3.69. The zero-order valence-corrected chi connectivity index (χ0v) is 14.6. The topological polar surface area (TPSA) is 56.6 Å². The molecule has 0 spiro atoms. The Kier molecular flexibility index (Phi) is 5.63. The van der Waals surface area contributed by atoms with Gasteiger partial charge in [0.1, 0.15) is 0 Å². The summed E-state index contributed by atoms with van der Waals surface area (Å²) in [4.78, 5) is 14.4. The molecule has 0 bridgehead atoms. The van der Waals surface area contributed by atoms with Crippen LogP contribution in [0.3, 0.4) is 0 Å². The van der Waals surface area contributed by atoms with Crippen molar-refractivity contribution >= 4 is 5.91 Å². The number of ether oxygens (including phenoxy) is 2. The first-order chi connectivity index (χ1) is 11.5. The van der Waals surface area contributed by atoms with E-state index in [1.54, 1.807) is 49.2 Å². The SMILES string of the molecule is C=CCc1cc(C(=O)N(C)Cc2cnn(C)c2)cc(OC)c1OC. The molecular formula is C18H23N3O3. The number of carbonyl (C=O) groups is 1. The summed E-state index contributed by atoms with van der Waals surface area (Å²) in [5.74, 6) is 1.07. The summed E-state index contributed by atoms with van der Waals surface area (Å²) in [7, 11) is 6.75. The van der Waals surface area contributed by atoms with Crippen molar-refractivity contribution in [3.63, 3.8) is 0 Å². The van der Waals surface area contributed by atoms with Crippen molar-refractivity contribution in [1.29, 1.82) is 0 Å². The zero-order chi connectivity index (χ0) is 17.7. The van der Waals surface area contributed by atoms with Crippen LogP contribution in [0.1, 0.15) is 21.5 Å². The Morgan fingerprint density at radius 2 is 2.12 bits per heavy atom. The van der Waals surface area contributed by atoms with Gasteiger partial charge in [-0.2, -0.15) is 5.10 Å². The lowest BCUT2D eigenvalue weighted by atomic mass is 10.0. The molecule has 0 radical (unpaired) electrons. The highest BCUT2D eigenvalue weighted by Crippen LogP contribution is 2.33. The van der Waals surface area contributed by atoms with E-state index in [1.165, 1.54) is 0 Å². The highest BCUT2D eigenvalue weighted by Gasteiger charge is 2.18. The lowest BCUT2D eigenvalue weighted by Gasteiger charge is -2.19. The van der Waals surface area contributed by atoms with E-state index in [2.05, 4.69) is 11.7 Å². The highest BCUT2D eigenvalue weighted by atomic mass is 16.5. The second-order valence-corrected chi connectivity index (χ2v) is 5.55. The van der Waals surface area contributed by atoms with Gasteiger partial charge in [0.2, 0.25) is 0 Å². The van der Waals surface area contributed by atoms with Crippen LogP contribution >= 0.6 is 0 Å². The maximum Gasteiger partial charge on any atom is 0.254 e. The molecule has 0 saturated heterocycles. The van der Waals surface area contributed by atoms with E-state index >= 15 is 0 Å². The second kappa shape index (κ2) is 7.68. The van der Waals surface area contributed by atoms with Crippen LogP contribution in [0.15, 0.2) is 37.2 Å². The predicted octanol–water partition coefficient (Wildman–Crippen LogP) is 2.44. The normalized spacial score (nSPS) is 10.3. The molecule has 0 saturated carbocycles. The minimum absolute atomic E-state index is 0.0925. The fourth-order valence-electron chi connectivity index (χ4n) is 2.59. The Hall–Kier alpha value is -2.76. The number of methoxy groups -OCH3 is 2. The summed E-state index contributed by atoms with van der Waals surface area (Å²) in [6.07, 6.45) is 6.00. The summed E-state index contributed by atoms with van der Waals surface area (Å²) >= 11 is 0. The van der Waals surface area contributed by atoms with Crippen molar-refractivity contribution in [3.8, 4) is 11.5 Å². The number of aromatic nitrogens is 2. The number of carbonyl (C=O) groups excluding carboxylic acids is 1. The molecule has 1 aromatic heterocycles. The van der Waals surface area contributed by atoms with E-state index in [9.17, 15) is 4.79 Å². The monoisotopic (exact) mass is 329 g/mol. The quantitative estimate of drug-likeness (QED) is 0.732. The van der Waals surface area contributed by atoms with Crippen molar-refractivity contribution in [2.75, 3.05) is 21.3 Å². The van der Waals surface area contributed by atoms with Crippen LogP contribution in [0.2, 0.25) is 0 Å². The number of rotatable bonds is 7. The molecular weight excluding hydrogens is 306 g/mol. The molecule has 0 aliphatic rings. The van der Waals surface area contributed by atoms with Gasteiger partial charge >= 0.3 is 0 Å². The first kappa shape index (κ1) is 17.6. The van der Waals surface area contributed by atoms with Gasteiger partial charge in [0.05, 0.1) is 20.4 Å². The third kappa shape index (κ3) is 3.76. The molecule has 0 N–H and O–H groups in total. The summed E-state index contributed by atoms with van der Waals surface area (Å²) in [6.45, 7) is 4.24. The summed E-state index contributed by atoms with van der Waals surface area (Å²) < 4.78 is 12.5. The van der Waals surface area contributed by atoms with Crippen LogP contribution in [0, 0.1) is 0 Å². The van der Waals surface area contributed by atoms with Crippen LogP contribution in [-0.2, 0) is 20.0 Å². The maximum atomic E-state index is 12.8. The molecule has 0 unspecified atom stereocenters. The third-order valence-electron chi connectivity index (χ3n) is 3.69. The Balaban J connectivity index is 2.30. The number of hydrogen-bond donors (Lipinski definition) is 0. The van der Waals surface area contributed by atoms with Gasteiger partial charge in [0, 0.05) is 43.5 Å². The highest BCUT2D eigenvalue weighted by molar-refractivity contribution is 5.95. The Morgan fingerprint density at radius 1 is 1.38 bits per heavy atom. The van der Waals surface area contributed by atoms with E-state index in [4.69, 9.17) is 9.47 Å². The maximum absolute atomic E-state index is 12.8. The number of aryl methyl sites for hydroxylation is 1. The van der Waals surface area contributed by atoms with E-state index < -0.39 is 0 Å². The van der Waals surface area contributed by atoms with Gasteiger partial charge in [0.25, 0.3) is 5.91 Å². The van der Waals surface area contributed by atoms with Gasteiger partial charge in [-0.05, 0) is 18.6 Å². The van der Waals surface area contributed by atoms with Crippen molar-refractivity contribution in [2.45, 2.75) is 13.0 Å². The van der Waals surface area contributed by atoms with Gasteiger partial charge in [0.15, 0.2) is 11.5 Å². The number of nitrogens with zero attached hydrogens (tertiary/aromatic N) is 3. The molecule has 0 atom stereocenters. The average Bonchev–Trinajstić information content (AvgIpc) is 2.98. The molecule has 0 aliphatic heterocycles. The second-order valence-electron chi connectivity index (χ2n) is 5.55. The van der Waals surface area contributed by atoms with Gasteiger partial charge in [-0.3, -0.25) is 9.48 Å². The first-order valence-corrected chi connectivity index (χ1v) is 7.59. The molecule has 6 nitrogen and oxygen atoms in total. The minimum atomic E-state index is -0.0925. The number of benzene rings is 1. The van der Waals surface area contributed by atoms with Gasteiger partial charge in [-0.25, -0.2) is 0 Å². The number of amides is 1. The molecule has 0 fully saturated rings. The molecule has 24 heavy (non-hydrogen) atoms. The van der Waals surface area contributed by atoms with Crippen LogP contribution < -0.4 is 9.47 Å². The van der Waals surface area contributed by atoms with E-state index in [0.717, 1.165) is 11.1 Å². The standard InChI is InChI=1S/C18H23N3O3/c1-6-7-14-8-15(9-16(23-4)17(14)24-5)18(22)20(2)11-13-10-19-21(3)12-13/h6,8-10,12H,1,7,11H2,2-5H3. The molecule has 128 valence electrons. The summed E-state index contributed by atoms with van der Waals surface area (Å²) in [5, 5.41) is 4.12. The molecule has 1 heterocycles. The Morgan fingerprint density at radius 3 is 2.67 bits per heavy atom. The lowest BCUT2D eigenvalue weighted by molar-refractivity contribution is 0.0784.